The second-order valence-electron chi connectivity index (χ2n) is 9.29. The Balaban J connectivity index is 1.17. The number of nitrogens with zero attached hydrogens (tertiary/aromatic N) is 1. The van der Waals surface area contributed by atoms with Gasteiger partial charge >= 0.3 is 0 Å². The standard InChI is InChI=1S/C28H28N4O4/c1-34-23-3-4-25-24(13-23)20(15-31-25)12-27(33)32-22-11-19(14-30-16-22)18-2-5-26-21(10-18)17-35-28(36-26)6-8-29-9-7-28/h2-5,10-11,13-16,29,31H,6-9,12,17H2,1H3,(H,32,33). The Kier molecular flexibility index (Phi) is 5.83. The molecule has 36 heavy (non-hydrogen) atoms. The summed E-state index contributed by atoms with van der Waals surface area (Å²) >= 11 is 0. The first-order valence-corrected chi connectivity index (χ1v) is 12.2. The third-order valence-electron chi connectivity index (χ3n) is 6.89. The molecule has 1 fully saturated rings. The van der Waals surface area contributed by atoms with Crippen molar-refractivity contribution in [1.29, 1.82) is 0 Å². The summed E-state index contributed by atoms with van der Waals surface area (Å²) in [6.45, 7) is 2.31. The number of carbonyl (C=O) groups is 1. The normalized spacial score (nSPS) is 16.4. The molecule has 0 saturated carbocycles. The van der Waals surface area contributed by atoms with Gasteiger partial charge in [0, 0.05) is 60.4 Å². The first-order chi connectivity index (χ1) is 17.6. The molecule has 2 aliphatic heterocycles. The van der Waals surface area contributed by atoms with Gasteiger partial charge in [-0.25, -0.2) is 0 Å². The third-order valence-corrected chi connectivity index (χ3v) is 6.89. The fraction of sp³-hybridized carbons (Fsp3) is 0.286. The number of pyridine rings is 1. The molecule has 3 N–H and O–H groups in total. The highest BCUT2D eigenvalue weighted by Crippen LogP contribution is 2.38. The molecule has 6 rings (SSSR count). The molecule has 0 radical (unpaired) electrons. The van der Waals surface area contributed by atoms with Gasteiger partial charge in [0.25, 0.3) is 0 Å². The SMILES string of the molecule is COc1ccc2[nH]cc(CC(=O)Nc3cncc(-c4ccc5c(c4)COC4(CCNCC4)O5)c3)c2c1. The van der Waals surface area contributed by atoms with Crippen LogP contribution in [0, 0.1) is 0 Å². The summed E-state index contributed by atoms with van der Waals surface area (Å²) < 4.78 is 17.8. The van der Waals surface area contributed by atoms with Gasteiger partial charge in [-0.05, 0) is 47.5 Å². The van der Waals surface area contributed by atoms with Crippen LogP contribution in [0.1, 0.15) is 24.0 Å². The summed E-state index contributed by atoms with van der Waals surface area (Å²) in [5.41, 5.74) is 5.44. The largest absolute Gasteiger partial charge is 0.497 e. The predicted octanol–water partition coefficient (Wildman–Crippen LogP) is 4.41. The molecule has 0 atom stereocenters. The van der Waals surface area contributed by atoms with Gasteiger partial charge in [0.2, 0.25) is 11.7 Å². The average Bonchev–Trinajstić information content (AvgIpc) is 3.30. The first kappa shape index (κ1) is 22.6. The van der Waals surface area contributed by atoms with Crippen LogP contribution in [-0.4, -0.2) is 41.9 Å². The van der Waals surface area contributed by atoms with E-state index in [1.807, 2.05) is 42.6 Å². The van der Waals surface area contributed by atoms with Crippen LogP contribution in [0.3, 0.4) is 0 Å². The number of H-pyrrole nitrogens is 1. The highest BCUT2D eigenvalue weighted by Gasteiger charge is 2.38. The summed E-state index contributed by atoms with van der Waals surface area (Å²) in [7, 11) is 1.63. The van der Waals surface area contributed by atoms with Crippen molar-refractivity contribution in [3.8, 4) is 22.6 Å². The van der Waals surface area contributed by atoms with Crippen LogP contribution in [-0.2, 0) is 22.6 Å². The maximum atomic E-state index is 12.8. The minimum Gasteiger partial charge on any atom is -0.497 e. The lowest BCUT2D eigenvalue weighted by Gasteiger charge is -2.41. The second kappa shape index (κ2) is 9.29. The Morgan fingerprint density at radius 2 is 2.00 bits per heavy atom. The number of hydrogen-bond donors (Lipinski definition) is 3. The number of aromatic amines is 1. The lowest BCUT2D eigenvalue weighted by Crippen LogP contribution is -2.49. The molecule has 0 aliphatic carbocycles. The van der Waals surface area contributed by atoms with Crippen LogP contribution >= 0.6 is 0 Å². The number of amides is 1. The van der Waals surface area contributed by atoms with Gasteiger partial charge in [-0.3, -0.25) is 9.78 Å². The van der Waals surface area contributed by atoms with Crippen LogP contribution in [0.15, 0.2) is 61.1 Å². The predicted molar refractivity (Wildman–Crippen MR) is 137 cm³/mol. The van der Waals surface area contributed by atoms with E-state index in [1.165, 1.54) is 0 Å². The number of hydrogen-bond acceptors (Lipinski definition) is 6. The summed E-state index contributed by atoms with van der Waals surface area (Å²) in [6, 6.07) is 13.8. The summed E-state index contributed by atoms with van der Waals surface area (Å²) in [5, 5.41) is 7.31. The molecule has 1 spiro atoms. The molecular formula is C28H28N4O4. The number of piperidine rings is 1. The van der Waals surface area contributed by atoms with E-state index in [9.17, 15) is 4.79 Å². The monoisotopic (exact) mass is 484 g/mol. The number of methoxy groups -OCH3 is 1. The van der Waals surface area contributed by atoms with E-state index in [0.717, 1.165) is 70.6 Å². The number of aromatic nitrogens is 2. The zero-order chi connectivity index (χ0) is 24.5. The zero-order valence-corrected chi connectivity index (χ0v) is 20.1. The molecule has 1 amide bonds. The number of ether oxygens (including phenoxy) is 3. The molecule has 0 bridgehead atoms. The van der Waals surface area contributed by atoms with Gasteiger partial charge in [-0.2, -0.15) is 0 Å². The van der Waals surface area contributed by atoms with Crippen LogP contribution in [0.25, 0.3) is 22.0 Å². The van der Waals surface area contributed by atoms with Crippen LogP contribution in [0.2, 0.25) is 0 Å². The molecule has 2 aromatic carbocycles. The van der Waals surface area contributed by atoms with E-state index >= 15 is 0 Å². The smallest absolute Gasteiger partial charge is 0.228 e. The minimum absolute atomic E-state index is 0.114. The van der Waals surface area contributed by atoms with Gasteiger partial charge in [0.05, 0.1) is 32.0 Å². The topological polar surface area (TPSA) is 97.5 Å². The molecule has 1 saturated heterocycles. The van der Waals surface area contributed by atoms with E-state index in [4.69, 9.17) is 14.2 Å². The Bertz CT molecular complexity index is 1420. The van der Waals surface area contributed by atoms with Crippen molar-refractivity contribution in [3.63, 3.8) is 0 Å². The van der Waals surface area contributed by atoms with Crippen molar-refractivity contribution in [1.82, 2.24) is 15.3 Å². The van der Waals surface area contributed by atoms with E-state index in [-0.39, 0.29) is 12.3 Å². The molecule has 2 aliphatic rings. The van der Waals surface area contributed by atoms with Crippen LogP contribution in [0.4, 0.5) is 5.69 Å². The van der Waals surface area contributed by atoms with Gasteiger partial charge in [-0.15, -0.1) is 0 Å². The molecule has 0 unspecified atom stereocenters. The maximum Gasteiger partial charge on any atom is 0.228 e. The molecule has 184 valence electrons. The zero-order valence-electron chi connectivity index (χ0n) is 20.1. The molecule has 4 aromatic rings. The number of rotatable bonds is 5. The number of anilines is 1. The van der Waals surface area contributed by atoms with Gasteiger partial charge in [-0.1, -0.05) is 6.07 Å². The lowest BCUT2D eigenvalue weighted by molar-refractivity contribution is -0.218. The van der Waals surface area contributed by atoms with E-state index in [0.29, 0.717) is 12.3 Å². The average molecular weight is 485 g/mol. The highest BCUT2D eigenvalue weighted by atomic mass is 16.7. The third kappa shape index (κ3) is 4.41. The van der Waals surface area contributed by atoms with Gasteiger partial charge in [0.1, 0.15) is 11.5 Å². The Morgan fingerprint density at radius 3 is 2.86 bits per heavy atom. The Morgan fingerprint density at radius 1 is 1.11 bits per heavy atom. The quantitative estimate of drug-likeness (QED) is 0.388. The fourth-order valence-corrected chi connectivity index (χ4v) is 4.94. The van der Waals surface area contributed by atoms with Crippen LogP contribution in [0.5, 0.6) is 11.5 Å². The summed E-state index contributed by atoms with van der Waals surface area (Å²) in [5.74, 6) is 1.01. The lowest BCUT2D eigenvalue weighted by atomic mass is 10.0. The molecular weight excluding hydrogens is 456 g/mol. The van der Waals surface area contributed by atoms with Crippen LogP contribution < -0.4 is 20.1 Å². The second-order valence-corrected chi connectivity index (χ2v) is 9.29. The van der Waals surface area contributed by atoms with Crippen molar-refractivity contribution >= 4 is 22.5 Å². The van der Waals surface area contributed by atoms with E-state index in [2.05, 4.69) is 26.7 Å². The van der Waals surface area contributed by atoms with Crippen molar-refractivity contribution in [3.05, 3.63) is 72.2 Å². The number of nitrogens with one attached hydrogen (secondary N) is 3. The maximum absolute atomic E-state index is 12.8. The Hall–Kier alpha value is -3.88. The minimum atomic E-state index is -0.512. The number of carbonyl (C=O) groups excluding carboxylic acids is 1. The first-order valence-electron chi connectivity index (χ1n) is 12.2. The Labute approximate surface area is 209 Å². The van der Waals surface area contributed by atoms with Crippen molar-refractivity contribution < 1.29 is 19.0 Å². The number of benzene rings is 2. The molecule has 8 heteroatoms. The number of fused-ring (bicyclic) bond motifs is 2. The fourth-order valence-electron chi connectivity index (χ4n) is 4.94. The molecule has 2 aromatic heterocycles. The van der Waals surface area contributed by atoms with Crippen molar-refractivity contribution in [2.75, 3.05) is 25.5 Å². The molecule has 8 nitrogen and oxygen atoms in total. The van der Waals surface area contributed by atoms with E-state index < -0.39 is 5.79 Å². The summed E-state index contributed by atoms with van der Waals surface area (Å²) in [4.78, 5) is 20.4. The van der Waals surface area contributed by atoms with Gasteiger partial charge < -0.3 is 29.8 Å². The highest BCUT2D eigenvalue weighted by molar-refractivity contribution is 5.96. The summed E-state index contributed by atoms with van der Waals surface area (Å²) in [6.07, 6.45) is 7.23. The molecule has 4 heterocycles. The van der Waals surface area contributed by atoms with E-state index in [1.54, 1.807) is 19.5 Å². The van der Waals surface area contributed by atoms with Crippen molar-refractivity contribution in [2.45, 2.75) is 31.7 Å². The van der Waals surface area contributed by atoms with Crippen molar-refractivity contribution in [2.24, 2.45) is 0 Å². The van der Waals surface area contributed by atoms with Gasteiger partial charge in [0.15, 0.2) is 0 Å².